The molecule has 0 radical (unpaired) electrons. The molecule has 0 aliphatic carbocycles. The van der Waals surface area contributed by atoms with Crippen LogP contribution in [0, 0.1) is 0 Å². The van der Waals surface area contributed by atoms with Crippen molar-refractivity contribution in [3.8, 4) is 0 Å². The highest BCUT2D eigenvalue weighted by atomic mass is 15.1. The number of aliphatic imine (C=N–C) groups is 1. The van der Waals surface area contributed by atoms with Crippen LogP contribution in [0.2, 0.25) is 0 Å². The molecule has 0 aliphatic heterocycles. The highest BCUT2D eigenvalue weighted by Gasteiger charge is 1.93. The molecule has 4 nitrogen and oxygen atoms in total. The first kappa shape index (κ1) is 11.0. The van der Waals surface area contributed by atoms with Gasteiger partial charge in [0, 0.05) is 18.0 Å². The predicted molar refractivity (Wildman–Crippen MR) is 55.2 cm³/mol. The lowest BCUT2D eigenvalue weighted by molar-refractivity contribution is 1.16. The largest absolute Gasteiger partial charge is 0.384 e. The second-order valence-corrected chi connectivity index (χ2v) is 2.12. The van der Waals surface area contributed by atoms with E-state index < -0.39 is 0 Å². The fraction of sp³-hybridized carbons (Fsp3) is 0. The van der Waals surface area contributed by atoms with Crippen LogP contribution in [0.15, 0.2) is 64.8 Å². The van der Waals surface area contributed by atoms with E-state index in [1.807, 2.05) is 0 Å². The molecule has 0 atom stereocenters. The fourth-order valence-electron chi connectivity index (χ4n) is 0.410. The molecule has 2 N–H and O–H groups in total. The van der Waals surface area contributed by atoms with Gasteiger partial charge in [-0.2, -0.15) is 10.2 Å². The number of hydrogen-bond acceptors (Lipinski definition) is 4. The Morgan fingerprint density at radius 1 is 1.23 bits per heavy atom. The predicted octanol–water partition coefficient (Wildman–Crippen LogP) is 2.15. The van der Waals surface area contributed by atoms with E-state index >= 15 is 0 Å². The lowest BCUT2D eigenvalue weighted by Gasteiger charge is -1.94. The summed E-state index contributed by atoms with van der Waals surface area (Å²) in [5.41, 5.74) is 6.14. The van der Waals surface area contributed by atoms with Crippen LogP contribution in [0.3, 0.4) is 0 Å². The van der Waals surface area contributed by atoms with Crippen LogP contribution in [0.25, 0.3) is 0 Å². The Balaban J connectivity index is 4.28. The van der Waals surface area contributed by atoms with Crippen LogP contribution in [0.5, 0.6) is 0 Å². The van der Waals surface area contributed by atoms with Gasteiger partial charge in [-0.15, -0.1) is 0 Å². The number of azo groups is 1. The standard InChI is InChI=1S/C9H12N4/c1-5-12-13-8(3)7(2)6-11-9(4)10/h5-6H,1-4,10H2/b11-6-,13-12?. The topological polar surface area (TPSA) is 63.1 Å². The maximum Gasteiger partial charge on any atom is 0.116 e. The maximum atomic E-state index is 5.21. The van der Waals surface area contributed by atoms with E-state index in [9.17, 15) is 0 Å². The molecule has 0 saturated heterocycles. The minimum atomic E-state index is 0.203. The molecule has 68 valence electrons. The molecule has 13 heavy (non-hydrogen) atoms. The Morgan fingerprint density at radius 3 is 2.31 bits per heavy atom. The third-order valence-corrected chi connectivity index (χ3v) is 1.02. The molecule has 0 saturated carbocycles. The van der Waals surface area contributed by atoms with Gasteiger partial charge in [-0.3, -0.25) is 0 Å². The van der Waals surface area contributed by atoms with Crippen molar-refractivity contribution < 1.29 is 0 Å². The second-order valence-electron chi connectivity index (χ2n) is 2.12. The third-order valence-electron chi connectivity index (χ3n) is 1.02. The molecule has 4 heteroatoms. The van der Waals surface area contributed by atoms with Gasteiger partial charge in [0.25, 0.3) is 0 Å². The number of allylic oxidation sites excluding steroid dienone is 1. The molecule has 0 fully saturated rings. The smallest absolute Gasteiger partial charge is 0.116 e. The van der Waals surface area contributed by atoms with Crippen LogP contribution < -0.4 is 5.73 Å². The SMILES string of the molecule is C=CN=NC(=C)C(=C)/C=N\C(=C)N. The highest BCUT2D eigenvalue weighted by Crippen LogP contribution is 2.04. The molecule has 0 unspecified atom stereocenters. The van der Waals surface area contributed by atoms with Crippen molar-refractivity contribution in [3.05, 3.63) is 49.6 Å². The Morgan fingerprint density at radius 2 is 1.85 bits per heavy atom. The molecule has 0 aromatic heterocycles. The lowest BCUT2D eigenvalue weighted by atomic mass is 10.3. The van der Waals surface area contributed by atoms with E-state index in [1.54, 1.807) is 0 Å². The van der Waals surface area contributed by atoms with Crippen molar-refractivity contribution >= 4 is 6.21 Å². The van der Waals surface area contributed by atoms with Crippen molar-refractivity contribution in [2.24, 2.45) is 21.0 Å². The summed E-state index contributed by atoms with van der Waals surface area (Å²) in [6.45, 7) is 14.0. The van der Waals surface area contributed by atoms with E-state index in [0.29, 0.717) is 11.3 Å². The zero-order valence-corrected chi connectivity index (χ0v) is 7.40. The summed E-state index contributed by atoms with van der Waals surface area (Å²) < 4.78 is 0. The molecule has 0 bridgehead atoms. The van der Waals surface area contributed by atoms with Gasteiger partial charge < -0.3 is 5.73 Å². The van der Waals surface area contributed by atoms with E-state index in [-0.39, 0.29) is 5.82 Å². The molecule has 0 amide bonds. The van der Waals surface area contributed by atoms with Crippen LogP contribution in [0.1, 0.15) is 0 Å². The summed E-state index contributed by atoms with van der Waals surface area (Å²) in [6.07, 6.45) is 2.73. The summed E-state index contributed by atoms with van der Waals surface area (Å²) in [5, 5.41) is 7.20. The first-order chi connectivity index (χ1) is 6.07. The van der Waals surface area contributed by atoms with E-state index in [0.717, 1.165) is 0 Å². The Labute approximate surface area is 77.6 Å². The molecule has 0 spiro atoms. The zero-order chi connectivity index (χ0) is 10.3. The molecule has 0 rings (SSSR count). The lowest BCUT2D eigenvalue weighted by Crippen LogP contribution is -1.92. The second kappa shape index (κ2) is 5.65. The summed E-state index contributed by atoms with van der Waals surface area (Å²) >= 11 is 0. The van der Waals surface area contributed by atoms with E-state index in [2.05, 4.69) is 41.5 Å². The first-order valence-corrected chi connectivity index (χ1v) is 3.46. The summed E-state index contributed by atoms with van der Waals surface area (Å²) in [5.74, 6) is 0.203. The minimum Gasteiger partial charge on any atom is -0.384 e. The van der Waals surface area contributed by atoms with Crippen molar-refractivity contribution in [2.75, 3.05) is 0 Å². The van der Waals surface area contributed by atoms with Gasteiger partial charge >= 0.3 is 0 Å². The van der Waals surface area contributed by atoms with Crippen molar-refractivity contribution in [2.45, 2.75) is 0 Å². The molecule has 0 aromatic rings. The van der Waals surface area contributed by atoms with Gasteiger partial charge in [-0.25, -0.2) is 4.99 Å². The maximum absolute atomic E-state index is 5.21. The number of nitrogens with two attached hydrogens (primary N) is 1. The fourth-order valence-corrected chi connectivity index (χ4v) is 0.410. The Hall–Kier alpha value is -1.97. The summed E-state index contributed by atoms with van der Waals surface area (Å²) in [7, 11) is 0. The van der Waals surface area contributed by atoms with Gasteiger partial charge in [-0.1, -0.05) is 26.3 Å². The van der Waals surface area contributed by atoms with Gasteiger partial charge in [0.15, 0.2) is 0 Å². The number of hydrogen-bond donors (Lipinski definition) is 1. The normalized spacial score (nSPS) is 10.5. The Bertz CT molecular complexity index is 297. The van der Waals surface area contributed by atoms with Crippen LogP contribution in [-0.2, 0) is 0 Å². The van der Waals surface area contributed by atoms with E-state index in [4.69, 9.17) is 5.73 Å². The molecule has 0 aromatic carbocycles. The minimum absolute atomic E-state index is 0.203. The van der Waals surface area contributed by atoms with Gasteiger partial charge in [0.1, 0.15) is 5.82 Å². The summed E-state index contributed by atoms with van der Waals surface area (Å²) in [4.78, 5) is 3.72. The molecular weight excluding hydrogens is 164 g/mol. The van der Waals surface area contributed by atoms with Crippen LogP contribution in [-0.4, -0.2) is 6.21 Å². The Kier molecular flexibility index (Phi) is 4.79. The first-order valence-electron chi connectivity index (χ1n) is 3.46. The molecule has 0 heterocycles. The van der Waals surface area contributed by atoms with Crippen LogP contribution in [0.4, 0.5) is 0 Å². The van der Waals surface area contributed by atoms with Crippen molar-refractivity contribution in [1.29, 1.82) is 0 Å². The number of nitrogens with zero attached hydrogens (tertiary/aromatic N) is 3. The van der Waals surface area contributed by atoms with Crippen molar-refractivity contribution in [3.63, 3.8) is 0 Å². The van der Waals surface area contributed by atoms with Crippen molar-refractivity contribution in [1.82, 2.24) is 0 Å². The highest BCUT2D eigenvalue weighted by molar-refractivity contribution is 5.83. The average molecular weight is 176 g/mol. The molecule has 0 aliphatic rings. The van der Waals surface area contributed by atoms with Gasteiger partial charge in [0.2, 0.25) is 0 Å². The quantitative estimate of drug-likeness (QED) is 0.389. The van der Waals surface area contributed by atoms with E-state index in [1.165, 1.54) is 12.4 Å². The van der Waals surface area contributed by atoms with Gasteiger partial charge in [0.05, 0.1) is 5.70 Å². The average Bonchev–Trinajstić information content (AvgIpc) is 2.10. The third kappa shape index (κ3) is 5.32. The van der Waals surface area contributed by atoms with Gasteiger partial charge in [-0.05, 0) is 0 Å². The monoisotopic (exact) mass is 176 g/mol. The zero-order valence-electron chi connectivity index (χ0n) is 7.40. The summed E-state index contributed by atoms with van der Waals surface area (Å²) in [6, 6.07) is 0. The van der Waals surface area contributed by atoms with Crippen LogP contribution >= 0.6 is 0 Å². The molecular formula is C9H12N4. The number of rotatable bonds is 5.